The highest BCUT2D eigenvalue weighted by atomic mass is 19.1. The van der Waals surface area contributed by atoms with Crippen molar-refractivity contribution in [2.24, 2.45) is 0 Å². The number of carbonyl (C=O) groups is 1. The number of nitrogens with one attached hydrogen (secondary N) is 2. The van der Waals surface area contributed by atoms with E-state index in [2.05, 4.69) is 20.6 Å². The summed E-state index contributed by atoms with van der Waals surface area (Å²) in [6.07, 6.45) is 3.03. The molecular weight excluding hydrogens is 343 g/mol. The number of benzene rings is 2. The number of halogens is 1. The van der Waals surface area contributed by atoms with Gasteiger partial charge in [-0.05, 0) is 68.0 Å². The summed E-state index contributed by atoms with van der Waals surface area (Å²) in [5.74, 6) is -0.0410. The highest BCUT2D eigenvalue weighted by Crippen LogP contribution is 2.17. The molecule has 0 saturated carbocycles. The fourth-order valence-corrected chi connectivity index (χ4v) is 2.48. The molecule has 0 fully saturated rings. The lowest BCUT2D eigenvalue weighted by Crippen LogP contribution is -2.07. The van der Waals surface area contributed by atoms with Crippen LogP contribution in [0.3, 0.4) is 0 Å². The van der Waals surface area contributed by atoms with Gasteiger partial charge in [0.05, 0.1) is 0 Å². The van der Waals surface area contributed by atoms with Gasteiger partial charge in [0.2, 0.25) is 11.9 Å². The van der Waals surface area contributed by atoms with Crippen LogP contribution in [-0.4, -0.2) is 15.9 Å². The largest absolute Gasteiger partial charge is 0.324 e. The predicted octanol–water partition coefficient (Wildman–Crippen LogP) is 4.63. The second-order valence-electron chi connectivity index (χ2n) is 6.05. The first-order valence-corrected chi connectivity index (χ1v) is 8.42. The van der Waals surface area contributed by atoms with E-state index in [1.54, 1.807) is 30.3 Å². The van der Waals surface area contributed by atoms with Crippen LogP contribution in [0.2, 0.25) is 0 Å². The Morgan fingerprint density at radius 3 is 2.15 bits per heavy atom. The molecule has 0 unspecified atom stereocenters. The van der Waals surface area contributed by atoms with Gasteiger partial charge in [0.25, 0.3) is 0 Å². The van der Waals surface area contributed by atoms with E-state index in [1.165, 1.54) is 18.2 Å². The van der Waals surface area contributed by atoms with E-state index in [-0.39, 0.29) is 11.7 Å². The Kier molecular flexibility index (Phi) is 5.56. The summed E-state index contributed by atoms with van der Waals surface area (Å²) in [5.41, 5.74) is 4.01. The van der Waals surface area contributed by atoms with Crippen LogP contribution in [0.25, 0.3) is 6.08 Å². The van der Waals surface area contributed by atoms with Gasteiger partial charge in [-0.2, -0.15) is 0 Å². The Bertz CT molecular complexity index is 946. The second-order valence-corrected chi connectivity index (χ2v) is 6.05. The number of amides is 1. The molecule has 2 N–H and O–H groups in total. The zero-order valence-electron chi connectivity index (χ0n) is 15.0. The van der Waals surface area contributed by atoms with E-state index in [1.807, 2.05) is 32.0 Å². The van der Waals surface area contributed by atoms with Crippen molar-refractivity contribution in [3.05, 3.63) is 83.4 Å². The molecule has 0 aliphatic heterocycles. The molecule has 0 aliphatic carbocycles. The van der Waals surface area contributed by atoms with E-state index in [9.17, 15) is 9.18 Å². The molecule has 0 radical (unpaired) electrons. The summed E-state index contributed by atoms with van der Waals surface area (Å²) >= 11 is 0. The third-order valence-corrected chi connectivity index (χ3v) is 3.69. The quantitative estimate of drug-likeness (QED) is 0.650. The van der Waals surface area contributed by atoms with Crippen LogP contribution in [0.15, 0.2) is 60.7 Å². The van der Waals surface area contributed by atoms with Crippen molar-refractivity contribution in [3.63, 3.8) is 0 Å². The number of hydrogen-bond acceptors (Lipinski definition) is 4. The standard InChI is InChI=1S/C21H19FN4O/c1-14-13-15(2)24-21(23-14)26-19-10-8-18(9-11-19)25-20(27)12-5-16-3-6-17(22)7-4-16/h3-13H,1-2H3,(H,25,27)(H,23,24,26)/b12-5+. The fourth-order valence-electron chi connectivity index (χ4n) is 2.48. The number of hydrogen-bond donors (Lipinski definition) is 2. The molecule has 136 valence electrons. The zero-order chi connectivity index (χ0) is 19.2. The van der Waals surface area contributed by atoms with Crippen LogP contribution in [0.1, 0.15) is 17.0 Å². The second kappa shape index (κ2) is 8.23. The summed E-state index contributed by atoms with van der Waals surface area (Å²) in [6, 6.07) is 15.1. The van der Waals surface area contributed by atoms with Gasteiger partial charge in [-0.3, -0.25) is 4.79 Å². The first kappa shape index (κ1) is 18.3. The third-order valence-electron chi connectivity index (χ3n) is 3.69. The fraction of sp³-hybridized carbons (Fsp3) is 0.0952. The number of aromatic nitrogens is 2. The Balaban J connectivity index is 1.59. The molecule has 1 aromatic heterocycles. The van der Waals surface area contributed by atoms with Crippen molar-refractivity contribution in [1.29, 1.82) is 0 Å². The number of carbonyl (C=O) groups excluding carboxylic acids is 1. The van der Waals surface area contributed by atoms with Crippen molar-refractivity contribution >= 4 is 29.3 Å². The van der Waals surface area contributed by atoms with E-state index in [0.29, 0.717) is 11.6 Å². The number of anilines is 3. The van der Waals surface area contributed by atoms with Gasteiger partial charge in [0, 0.05) is 28.8 Å². The van der Waals surface area contributed by atoms with Crippen LogP contribution in [0, 0.1) is 19.7 Å². The topological polar surface area (TPSA) is 66.9 Å². The molecular formula is C21H19FN4O. The Hall–Kier alpha value is -3.54. The van der Waals surface area contributed by atoms with Crippen molar-refractivity contribution < 1.29 is 9.18 Å². The van der Waals surface area contributed by atoms with Crippen molar-refractivity contribution in [2.75, 3.05) is 10.6 Å². The Morgan fingerprint density at radius 2 is 1.52 bits per heavy atom. The van der Waals surface area contributed by atoms with E-state index >= 15 is 0 Å². The molecule has 5 nitrogen and oxygen atoms in total. The highest BCUT2D eigenvalue weighted by molar-refractivity contribution is 6.02. The van der Waals surface area contributed by atoms with Crippen molar-refractivity contribution in [3.8, 4) is 0 Å². The van der Waals surface area contributed by atoms with Crippen LogP contribution < -0.4 is 10.6 Å². The van der Waals surface area contributed by atoms with Gasteiger partial charge in [-0.15, -0.1) is 0 Å². The average molecular weight is 362 g/mol. The van der Waals surface area contributed by atoms with Crippen molar-refractivity contribution in [1.82, 2.24) is 9.97 Å². The molecule has 27 heavy (non-hydrogen) atoms. The highest BCUT2D eigenvalue weighted by Gasteiger charge is 2.02. The van der Waals surface area contributed by atoms with Gasteiger partial charge in [-0.1, -0.05) is 12.1 Å². The predicted molar refractivity (Wildman–Crippen MR) is 105 cm³/mol. The third kappa shape index (κ3) is 5.47. The van der Waals surface area contributed by atoms with Gasteiger partial charge in [0.15, 0.2) is 0 Å². The lowest BCUT2D eigenvalue weighted by molar-refractivity contribution is -0.111. The maximum Gasteiger partial charge on any atom is 0.248 e. The number of rotatable bonds is 5. The smallest absolute Gasteiger partial charge is 0.248 e. The van der Waals surface area contributed by atoms with Gasteiger partial charge in [0.1, 0.15) is 5.82 Å². The Morgan fingerprint density at radius 1 is 0.926 bits per heavy atom. The first-order chi connectivity index (χ1) is 13.0. The monoisotopic (exact) mass is 362 g/mol. The molecule has 1 heterocycles. The molecule has 3 rings (SSSR count). The molecule has 0 saturated heterocycles. The molecule has 0 bridgehead atoms. The number of nitrogens with zero attached hydrogens (tertiary/aromatic N) is 2. The maximum atomic E-state index is 12.9. The molecule has 0 aliphatic rings. The van der Waals surface area contributed by atoms with Crippen LogP contribution in [-0.2, 0) is 4.79 Å². The summed E-state index contributed by atoms with van der Waals surface area (Å²) in [5, 5.41) is 5.91. The van der Waals surface area contributed by atoms with Crippen LogP contribution >= 0.6 is 0 Å². The first-order valence-electron chi connectivity index (χ1n) is 8.42. The minimum absolute atomic E-state index is 0.266. The minimum Gasteiger partial charge on any atom is -0.324 e. The normalized spacial score (nSPS) is 10.8. The maximum absolute atomic E-state index is 12.9. The Labute approximate surface area is 157 Å². The lowest BCUT2D eigenvalue weighted by Gasteiger charge is -2.08. The van der Waals surface area contributed by atoms with Gasteiger partial charge < -0.3 is 10.6 Å². The van der Waals surface area contributed by atoms with Gasteiger partial charge >= 0.3 is 0 Å². The SMILES string of the molecule is Cc1cc(C)nc(Nc2ccc(NC(=O)/C=C/c3ccc(F)cc3)cc2)n1. The summed E-state index contributed by atoms with van der Waals surface area (Å²) in [4.78, 5) is 20.7. The summed E-state index contributed by atoms with van der Waals surface area (Å²) in [7, 11) is 0. The minimum atomic E-state index is -0.309. The molecule has 0 atom stereocenters. The number of aryl methyl sites for hydroxylation is 2. The van der Waals surface area contributed by atoms with E-state index in [0.717, 1.165) is 22.6 Å². The van der Waals surface area contributed by atoms with Crippen molar-refractivity contribution in [2.45, 2.75) is 13.8 Å². The summed E-state index contributed by atoms with van der Waals surface area (Å²) < 4.78 is 12.9. The zero-order valence-corrected chi connectivity index (χ0v) is 15.0. The van der Waals surface area contributed by atoms with E-state index < -0.39 is 0 Å². The molecule has 1 amide bonds. The molecule has 6 heteroatoms. The lowest BCUT2D eigenvalue weighted by atomic mass is 10.2. The summed E-state index contributed by atoms with van der Waals surface area (Å²) in [6.45, 7) is 3.83. The van der Waals surface area contributed by atoms with E-state index in [4.69, 9.17) is 0 Å². The molecule has 0 spiro atoms. The molecule has 3 aromatic rings. The van der Waals surface area contributed by atoms with Crippen LogP contribution in [0.5, 0.6) is 0 Å². The average Bonchev–Trinajstić information content (AvgIpc) is 2.62. The van der Waals surface area contributed by atoms with Crippen LogP contribution in [0.4, 0.5) is 21.7 Å². The van der Waals surface area contributed by atoms with Gasteiger partial charge in [-0.25, -0.2) is 14.4 Å². The molecule has 2 aromatic carbocycles.